The summed E-state index contributed by atoms with van der Waals surface area (Å²) in [6.45, 7) is 3.68. The van der Waals surface area contributed by atoms with E-state index in [1.54, 1.807) is 0 Å². The van der Waals surface area contributed by atoms with Crippen LogP contribution in [0.4, 0.5) is 5.69 Å². The van der Waals surface area contributed by atoms with Crippen LogP contribution >= 0.6 is 31.9 Å². The molecule has 2 amide bonds. The molecular formula is C13H14Br2N2O2. The van der Waals surface area contributed by atoms with Gasteiger partial charge in [-0.1, -0.05) is 15.9 Å². The summed E-state index contributed by atoms with van der Waals surface area (Å²) < 4.78 is 1.77. The van der Waals surface area contributed by atoms with E-state index in [-0.39, 0.29) is 24.3 Å². The zero-order chi connectivity index (χ0) is 14.2. The number of benzene rings is 1. The van der Waals surface area contributed by atoms with Gasteiger partial charge in [-0.25, -0.2) is 0 Å². The molecule has 1 aliphatic rings. The van der Waals surface area contributed by atoms with Crippen molar-refractivity contribution < 1.29 is 9.59 Å². The first-order chi connectivity index (χ1) is 8.90. The molecule has 1 aromatic rings. The molecule has 2 rings (SSSR count). The zero-order valence-corrected chi connectivity index (χ0v) is 13.8. The van der Waals surface area contributed by atoms with Crippen molar-refractivity contribution in [3.8, 4) is 0 Å². The number of carbonyl (C=O) groups excluding carboxylic acids is 2. The Bertz CT molecular complexity index is 531. The third kappa shape index (κ3) is 3.00. The van der Waals surface area contributed by atoms with E-state index in [9.17, 15) is 9.59 Å². The van der Waals surface area contributed by atoms with E-state index in [1.807, 2.05) is 32.0 Å². The van der Waals surface area contributed by atoms with Gasteiger partial charge >= 0.3 is 0 Å². The molecule has 1 N–H and O–H groups in total. The molecule has 1 aliphatic heterocycles. The number of hydrogen-bond donors (Lipinski definition) is 1. The Morgan fingerprint density at radius 1 is 1.32 bits per heavy atom. The van der Waals surface area contributed by atoms with E-state index >= 15 is 0 Å². The lowest BCUT2D eigenvalue weighted by Gasteiger charge is -2.19. The van der Waals surface area contributed by atoms with Gasteiger partial charge in [0.25, 0.3) is 5.91 Å². The molecule has 19 heavy (non-hydrogen) atoms. The zero-order valence-electron chi connectivity index (χ0n) is 10.6. The molecular weight excluding hydrogens is 376 g/mol. The first kappa shape index (κ1) is 14.5. The van der Waals surface area contributed by atoms with Gasteiger partial charge in [0.1, 0.15) is 6.04 Å². The monoisotopic (exact) mass is 388 g/mol. The highest BCUT2D eigenvalue weighted by Gasteiger charge is 2.39. The Morgan fingerprint density at radius 3 is 2.58 bits per heavy atom. The molecule has 0 spiro atoms. The standard InChI is InChI=1S/C13H14Br2N2O2/c1-7(2)17-12(18)6-11(13(17)19)16-10-5-8(14)3-4-9(10)15/h3-5,7,11,16H,6H2,1-2H3. The summed E-state index contributed by atoms with van der Waals surface area (Å²) in [5.74, 6) is -0.282. The van der Waals surface area contributed by atoms with E-state index in [2.05, 4.69) is 37.2 Å². The van der Waals surface area contributed by atoms with Gasteiger partial charge in [-0.2, -0.15) is 0 Å². The first-order valence-electron chi connectivity index (χ1n) is 5.97. The van der Waals surface area contributed by atoms with Gasteiger partial charge in [-0.3, -0.25) is 14.5 Å². The number of nitrogens with zero attached hydrogens (tertiary/aromatic N) is 1. The smallest absolute Gasteiger partial charge is 0.252 e. The number of likely N-dealkylation sites (tertiary alicyclic amines) is 1. The first-order valence-corrected chi connectivity index (χ1v) is 7.56. The lowest BCUT2D eigenvalue weighted by molar-refractivity contribution is -0.140. The maximum Gasteiger partial charge on any atom is 0.252 e. The van der Waals surface area contributed by atoms with Crippen molar-refractivity contribution in [1.82, 2.24) is 4.90 Å². The molecule has 1 saturated heterocycles. The maximum absolute atomic E-state index is 12.2. The van der Waals surface area contributed by atoms with Crippen LogP contribution in [0.1, 0.15) is 20.3 Å². The predicted molar refractivity (Wildman–Crippen MR) is 80.9 cm³/mol. The number of anilines is 1. The molecule has 0 aromatic heterocycles. The van der Waals surface area contributed by atoms with Crippen molar-refractivity contribution in [2.24, 2.45) is 0 Å². The van der Waals surface area contributed by atoms with Crippen LogP contribution in [0, 0.1) is 0 Å². The highest BCUT2D eigenvalue weighted by molar-refractivity contribution is 9.11. The number of amides is 2. The second-order valence-electron chi connectivity index (χ2n) is 4.72. The molecule has 0 saturated carbocycles. The van der Waals surface area contributed by atoms with Gasteiger partial charge < -0.3 is 5.32 Å². The summed E-state index contributed by atoms with van der Waals surface area (Å²) in [7, 11) is 0. The molecule has 6 heteroatoms. The number of nitrogens with one attached hydrogen (secondary N) is 1. The number of rotatable bonds is 3. The minimum atomic E-state index is -0.486. The van der Waals surface area contributed by atoms with Gasteiger partial charge in [0.05, 0.1) is 12.1 Å². The van der Waals surface area contributed by atoms with Crippen LogP contribution in [0.25, 0.3) is 0 Å². The second kappa shape index (κ2) is 5.63. The van der Waals surface area contributed by atoms with Gasteiger partial charge in [-0.05, 0) is 48.0 Å². The summed E-state index contributed by atoms with van der Waals surface area (Å²) >= 11 is 6.81. The summed E-state index contributed by atoms with van der Waals surface area (Å²) in [5, 5.41) is 3.13. The molecule has 1 heterocycles. The summed E-state index contributed by atoms with van der Waals surface area (Å²) in [6.07, 6.45) is 0.204. The number of hydrogen-bond acceptors (Lipinski definition) is 3. The van der Waals surface area contributed by atoms with Crippen molar-refractivity contribution >= 4 is 49.4 Å². The van der Waals surface area contributed by atoms with Crippen molar-refractivity contribution in [3.63, 3.8) is 0 Å². The Hall–Kier alpha value is -0.880. The molecule has 1 aromatic carbocycles. The highest BCUT2D eigenvalue weighted by atomic mass is 79.9. The van der Waals surface area contributed by atoms with Crippen molar-refractivity contribution in [2.45, 2.75) is 32.4 Å². The summed E-state index contributed by atoms with van der Waals surface area (Å²) in [5.41, 5.74) is 0.797. The quantitative estimate of drug-likeness (QED) is 0.807. The average Bonchev–Trinajstić information content (AvgIpc) is 2.59. The second-order valence-corrected chi connectivity index (χ2v) is 6.49. The van der Waals surface area contributed by atoms with Crippen LogP contribution in [0.2, 0.25) is 0 Å². The fourth-order valence-electron chi connectivity index (χ4n) is 2.10. The topological polar surface area (TPSA) is 49.4 Å². The number of imide groups is 1. The third-order valence-corrected chi connectivity index (χ3v) is 4.14. The SMILES string of the molecule is CC(C)N1C(=O)CC(Nc2cc(Br)ccc2Br)C1=O. The van der Waals surface area contributed by atoms with Crippen LogP contribution in [-0.2, 0) is 9.59 Å². The van der Waals surface area contributed by atoms with Crippen molar-refractivity contribution in [3.05, 3.63) is 27.1 Å². The van der Waals surface area contributed by atoms with Crippen LogP contribution in [0.5, 0.6) is 0 Å². The fourth-order valence-corrected chi connectivity index (χ4v) is 2.82. The highest BCUT2D eigenvalue weighted by Crippen LogP contribution is 2.29. The Labute approximate surface area is 128 Å². The molecule has 4 nitrogen and oxygen atoms in total. The van der Waals surface area contributed by atoms with Gasteiger partial charge in [0.2, 0.25) is 5.91 Å². The molecule has 102 valence electrons. The van der Waals surface area contributed by atoms with E-state index < -0.39 is 6.04 Å². The fraction of sp³-hybridized carbons (Fsp3) is 0.385. The predicted octanol–water partition coefficient (Wildman–Crippen LogP) is 3.16. The van der Waals surface area contributed by atoms with Gasteiger partial charge in [-0.15, -0.1) is 0 Å². The Balaban J connectivity index is 2.19. The lowest BCUT2D eigenvalue weighted by Crippen LogP contribution is -2.39. The minimum Gasteiger partial charge on any atom is -0.372 e. The largest absolute Gasteiger partial charge is 0.372 e. The van der Waals surface area contributed by atoms with E-state index in [0.29, 0.717) is 0 Å². The molecule has 1 atom stereocenters. The lowest BCUT2D eigenvalue weighted by atomic mass is 10.2. The third-order valence-electron chi connectivity index (χ3n) is 2.96. The van der Waals surface area contributed by atoms with Crippen LogP contribution < -0.4 is 5.32 Å². The molecule has 0 radical (unpaired) electrons. The van der Waals surface area contributed by atoms with E-state index in [4.69, 9.17) is 0 Å². The molecule has 0 bridgehead atoms. The van der Waals surface area contributed by atoms with Crippen molar-refractivity contribution in [2.75, 3.05) is 5.32 Å². The Kier molecular flexibility index (Phi) is 4.30. The van der Waals surface area contributed by atoms with Gasteiger partial charge in [0, 0.05) is 15.0 Å². The summed E-state index contributed by atoms with van der Waals surface area (Å²) in [4.78, 5) is 25.3. The summed E-state index contributed by atoms with van der Waals surface area (Å²) in [6, 6.07) is 5.07. The molecule has 0 aliphatic carbocycles. The molecule has 1 fully saturated rings. The van der Waals surface area contributed by atoms with E-state index in [1.165, 1.54) is 4.90 Å². The number of halogens is 2. The minimum absolute atomic E-state index is 0.0993. The maximum atomic E-state index is 12.2. The van der Waals surface area contributed by atoms with Crippen LogP contribution in [0.15, 0.2) is 27.1 Å². The van der Waals surface area contributed by atoms with Crippen LogP contribution in [0.3, 0.4) is 0 Å². The number of carbonyl (C=O) groups is 2. The average molecular weight is 390 g/mol. The normalized spacial score (nSPS) is 19.4. The van der Waals surface area contributed by atoms with Crippen LogP contribution in [-0.4, -0.2) is 28.8 Å². The van der Waals surface area contributed by atoms with Gasteiger partial charge in [0.15, 0.2) is 0 Å². The molecule has 1 unspecified atom stereocenters. The van der Waals surface area contributed by atoms with E-state index in [0.717, 1.165) is 14.6 Å². The Morgan fingerprint density at radius 2 is 2.00 bits per heavy atom. The van der Waals surface area contributed by atoms with Crippen molar-refractivity contribution in [1.29, 1.82) is 0 Å².